The second-order valence-electron chi connectivity index (χ2n) is 2.53. The van der Waals surface area contributed by atoms with Crippen molar-refractivity contribution in [2.45, 2.75) is 0 Å². The number of rotatable bonds is 2. The lowest BCUT2D eigenvalue weighted by atomic mass is 10.4. The van der Waals surface area contributed by atoms with E-state index < -0.39 is 0 Å². The minimum absolute atomic E-state index is 0.492. The number of hydrogen-bond acceptors (Lipinski definition) is 5. The molecule has 0 aromatic carbocycles. The quantitative estimate of drug-likeness (QED) is 0.513. The van der Waals surface area contributed by atoms with Crippen LogP contribution in [0.3, 0.4) is 0 Å². The van der Waals surface area contributed by atoms with Crippen LogP contribution in [0.4, 0.5) is 5.95 Å². The number of nitrogens with zero attached hydrogens (tertiary/aromatic N) is 3. The fourth-order valence-electron chi connectivity index (χ4n) is 1.08. The summed E-state index contributed by atoms with van der Waals surface area (Å²) in [4.78, 5) is 0. The fourth-order valence-corrected chi connectivity index (χ4v) is 1.08. The van der Waals surface area contributed by atoms with Crippen molar-refractivity contribution in [2.75, 3.05) is 5.43 Å². The summed E-state index contributed by atoms with van der Waals surface area (Å²) in [5, 5.41) is 7.71. The van der Waals surface area contributed by atoms with Gasteiger partial charge in [-0.05, 0) is 12.1 Å². The van der Waals surface area contributed by atoms with Crippen molar-refractivity contribution in [2.24, 2.45) is 12.9 Å². The van der Waals surface area contributed by atoms with Gasteiger partial charge in [-0.25, -0.2) is 5.84 Å². The molecule has 0 radical (unpaired) electrons. The van der Waals surface area contributed by atoms with Crippen LogP contribution in [0.1, 0.15) is 0 Å². The number of furan rings is 1. The third-order valence-corrected chi connectivity index (χ3v) is 1.75. The second kappa shape index (κ2) is 2.91. The van der Waals surface area contributed by atoms with E-state index in [2.05, 4.69) is 15.6 Å². The fraction of sp³-hybridized carbons (Fsp3) is 0.143. The molecule has 3 N–H and O–H groups in total. The highest BCUT2D eigenvalue weighted by Crippen LogP contribution is 2.18. The molecule has 0 aliphatic carbocycles. The first-order valence-corrected chi connectivity index (χ1v) is 3.73. The highest BCUT2D eigenvalue weighted by molar-refractivity contribution is 5.49. The summed E-state index contributed by atoms with van der Waals surface area (Å²) < 4.78 is 6.87. The van der Waals surface area contributed by atoms with Gasteiger partial charge < -0.3 is 4.42 Å². The number of nitrogens with one attached hydrogen (secondary N) is 1. The second-order valence-corrected chi connectivity index (χ2v) is 2.53. The van der Waals surface area contributed by atoms with Gasteiger partial charge in [0.15, 0.2) is 5.76 Å². The smallest absolute Gasteiger partial charge is 0.238 e. The molecule has 0 atom stereocenters. The van der Waals surface area contributed by atoms with Crippen LogP contribution in [-0.2, 0) is 7.05 Å². The Bertz CT molecular complexity index is 391. The third-order valence-electron chi connectivity index (χ3n) is 1.75. The molecule has 2 aromatic heterocycles. The van der Waals surface area contributed by atoms with Crippen molar-refractivity contribution in [3.8, 4) is 11.6 Å². The molecule has 13 heavy (non-hydrogen) atoms. The molecule has 68 valence electrons. The standard InChI is InChI=1S/C7H9N5O/c1-12-6(5-3-2-4-13-5)10-11-7(12)9-8/h2-4H,8H2,1H3,(H,9,11). The van der Waals surface area contributed by atoms with Gasteiger partial charge in [-0.15, -0.1) is 10.2 Å². The molecule has 2 aromatic rings. The summed E-state index contributed by atoms with van der Waals surface area (Å²) in [5.41, 5.74) is 2.43. The first-order valence-electron chi connectivity index (χ1n) is 3.73. The largest absolute Gasteiger partial charge is 0.461 e. The molecule has 0 amide bonds. The van der Waals surface area contributed by atoms with Crippen molar-refractivity contribution in [3.05, 3.63) is 18.4 Å². The minimum Gasteiger partial charge on any atom is -0.461 e. The molecule has 0 saturated carbocycles. The van der Waals surface area contributed by atoms with Gasteiger partial charge in [0.05, 0.1) is 6.26 Å². The molecule has 0 bridgehead atoms. The van der Waals surface area contributed by atoms with Gasteiger partial charge in [-0.2, -0.15) is 0 Å². The highest BCUT2D eigenvalue weighted by atomic mass is 16.3. The lowest BCUT2D eigenvalue weighted by molar-refractivity contribution is 0.574. The van der Waals surface area contributed by atoms with Crippen LogP contribution in [0.2, 0.25) is 0 Å². The number of nitrogen functional groups attached to an aromatic ring is 1. The zero-order valence-corrected chi connectivity index (χ0v) is 7.06. The topological polar surface area (TPSA) is 81.9 Å². The van der Waals surface area contributed by atoms with Crippen LogP contribution < -0.4 is 11.3 Å². The van der Waals surface area contributed by atoms with E-state index in [1.807, 2.05) is 6.07 Å². The average Bonchev–Trinajstić information content (AvgIpc) is 2.72. The number of anilines is 1. The molecule has 0 spiro atoms. The van der Waals surface area contributed by atoms with E-state index in [9.17, 15) is 0 Å². The van der Waals surface area contributed by atoms with E-state index in [1.54, 1.807) is 23.9 Å². The van der Waals surface area contributed by atoms with Gasteiger partial charge in [-0.1, -0.05) is 0 Å². The molecule has 0 saturated heterocycles. The number of hydrogen-bond donors (Lipinski definition) is 2. The van der Waals surface area contributed by atoms with Crippen LogP contribution in [0.25, 0.3) is 11.6 Å². The van der Waals surface area contributed by atoms with Crippen LogP contribution >= 0.6 is 0 Å². The Balaban J connectivity index is 2.48. The van der Waals surface area contributed by atoms with Crippen molar-refractivity contribution in [3.63, 3.8) is 0 Å². The predicted octanol–water partition coefficient (Wildman–Crippen LogP) is 0.361. The molecule has 6 nitrogen and oxygen atoms in total. The molecular weight excluding hydrogens is 170 g/mol. The monoisotopic (exact) mass is 179 g/mol. The van der Waals surface area contributed by atoms with Crippen LogP contribution in [0.15, 0.2) is 22.8 Å². The molecule has 0 fully saturated rings. The summed E-state index contributed by atoms with van der Waals surface area (Å²) in [7, 11) is 1.80. The van der Waals surface area contributed by atoms with Gasteiger partial charge in [0.1, 0.15) is 0 Å². The molecule has 0 aliphatic rings. The third kappa shape index (κ3) is 1.17. The summed E-state index contributed by atoms with van der Waals surface area (Å²) in [5.74, 6) is 7.01. The van der Waals surface area contributed by atoms with Crippen molar-refractivity contribution < 1.29 is 4.42 Å². The van der Waals surface area contributed by atoms with E-state index in [-0.39, 0.29) is 0 Å². The number of nitrogens with two attached hydrogens (primary N) is 1. The molecule has 2 heterocycles. The van der Waals surface area contributed by atoms with Crippen molar-refractivity contribution in [1.29, 1.82) is 0 Å². The maximum atomic E-state index is 5.21. The number of aromatic nitrogens is 3. The molecule has 6 heteroatoms. The van der Waals surface area contributed by atoms with Crippen LogP contribution in [-0.4, -0.2) is 14.8 Å². The Morgan fingerprint density at radius 3 is 2.92 bits per heavy atom. The lowest BCUT2D eigenvalue weighted by Gasteiger charge is -1.99. The Hall–Kier alpha value is -1.82. The summed E-state index contributed by atoms with van der Waals surface area (Å²) in [6.45, 7) is 0. The Labute approximate surface area is 74.3 Å². The van der Waals surface area contributed by atoms with Gasteiger partial charge in [0.2, 0.25) is 11.8 Å². The lowest BCUT2D eigenvalue weighted by Crippen LogP contribution is -2.11. The van der Waals surface area contributed by atoms with E-state index in [0.717, 1.165) is 0 Å². The maximum absolute atomic E-state index is 5.21. The summed E-state index contributed by atoms with van der Waals surface area (Å²) in [6.07, 6.45) is 1.58. The predicted molar refractivity (Wildman–Crippen MR) is 46.5 cm³/mol. The minimum atomic E-state index is 0.492. The van der Waals surface area contributed by atoms with E-state index >= 15 is 0 Å². The Morgan fingerprint density at radius 2 is 2.38 bits per heavy atom. The zero-order valence-electron chi connectivity index (χ0n) is 7.06. The molecular formula is C7H9N5O. The first kappa shape index (κ1) is 7.81. The van der Waals surface area contributed by atoms with Gasteiger partial charge in [-0.3, -0.25) is 9.99 Å². The summed E-state index contributed by atoms with van der Waals surface area (Å²) in [6, 6.07) is 3.60. The maximum Gasteiger partial charge on any atom is 0.238 e. The van der Waals surface area contributed by atoms with Crippen molar-refractivity contribution in [1.82, 2.24) is 14.8 Å². The average molecular weight is 179 g/mol. The zero-order chi connectivity index (χ0) is 9.26. The summed E-state index contributed by atoms with van der Waals surface area (Å²) >= 11 is 0. The molecule has 0 aliphatic heterocycles. The van der Waals surface area contributed by atoms with Crippen LogP contribution in [0.5, 0.6) is 0 Å². The Morgan fingerprint density at radius 1 is 1.54 bits per heavy atom. The van der Waals surface area contributed by atoms with Gasteiger partial charge >= 0.3 is 0 Å². The highest BCUT2D eigenvalue weighted by Gasteiger charge is 2.10. The van der Waals surface area contributed by atoms with Gasteiger partial charge in [0, 0.05) is 7.05 Å². The molecule has 2 rings (SSSR count). The first-order chi connectivity index (χ1) is 6.33. The SMILES string of the molecule is Cn1c(NN)nnc1-c1ccco1. The van der Waals surface area contributed by atoms with Crippen molar-refractivity contribution >= 4 is 5.95 Å². The van der Waals surface area contributed by atoms with E-state index in [4.69, 9.17) is 10.3 Å². The Kier molecular flexibility index (Phi) is 1.75. The van der Waals surface area contributed by atoms with E-state index in [1.165, 1.54) is 0 Å². The van der Waals surface area contributed by atoms with Crippen LogP contribution in [0, 0.1) is 0 Å². The number of hydrazine groups is 1. The van der Waals surface area contributed by atoms with E-state index in [0.29, 0.717) is 17.5 Å². The molecule has 0 unspecified atom stereocenters. The normalized spacial score (nSPS) is 10.3. The van der Waals surface area contributed by atoms with Gasteiger partial charge in [0.25, 0.3) is 0 Å².